The van der Waals surface area contributed by atoms with Crippen LogP contribution in [0.1, 0.15) is 36.7 Å². The number of phosphoric acid groups is 1. The van der Waals surface area contributed by atoms with E-state index >= 15 is 0 Å². The Bertz CT molecular complexity index is 1550. The molecule has 2 heterocycles. The van der Waals surface area contributed by atoms with Gasteiger partial charge < -0.3 is 29.3 Å². The molecule has 1 unspecified atom stereocenters. The van der Waals surface area contributed by atoms with Gasteiger partial charge >= 0.3 is 0 Å². The van der Waals surface area contributed by atoms with Gasteiger partial charge in [-0.25, -0.2) is 17.7 Å². The van der Waals surface area contributed by atoms with Gasteiger partial charge in [0, 0.05) is 6.92 Å². The number of aryl methyl sites for hydroxylation is 1. The minimum absolute atomic E-state index is 0.0105. The third kappa shape index (κ3) is 6.85. The van der Waals surface area contributed by atoms with Gasteiger partial charge in [0.1, 0.15) is 18.0 Å². The van der Waals surface area contributed by atoms with Crippen LogP contribution in [-0.4, -0.2) is 51.2 Å². The molecule has 226 valence electrons. The van der Waals surface area contributed by atoms with Gasteiger partial charge in [-0.2, -0.15) is 4.57 Å². The molecule has 1 saturated heterocycles. The number of nitrogens with zero attached hydrogens (tertiary/aromatic N) is 3. The monoisotopic (exact) mass is 611 g/mol. The van der Waals surface area contributed by atoms with Crippen LogP contribution in [0.5, 0.6) is 5.75 Å². The molecule has 0 saturated carbocycles. The molecule has 0 aliphatic carbocycles. The van der Waals surface area contributed by atoms with Crippen LogP contribution in [0.3, 0.4) is 0 Å². The lowest BCUT2D eigenvalue weighted by atomic mass is 9.98. The van der Waals surface area contributed by atoms with Crippen LogP contribution in [0.2, 0.25) is 0 Å². The number of aromatic nitrogens is 2. The van der Waals surface area contributed by atoms with Gasteiger partial charge in [0.05, 0.1) is 25.8 Å². The van der Waals surface area contributed by atoms with Gasteiger partial charge in [0.15, 0.2) is 41.4 Å². The van der Waals surface area contributed by atoms with Crippen molar-refractivity contribution in [2.75, 3.05) is 13.7 Å². The van der Waals surface area contributed by atoms with Crippen LogP contribution >= 0.6 is 7.82 Å². The zero-order chi connectivity index (χ0) is 30.9. The molecule has 15 heteroatoms. The molecule has 1 aliphatic heterocycles. The quantitative estimate of drug-likeness (QED) is 0.163. The highest BCUT2D eigenvalue weighted by Gasteiger charge is 2.37. The molecular formula is C27H29F3N3O8P. The Hall–Kier alpha value is -3.68. The Balaban J connectivity index is 1.65. The highest BCUT2D eigenvalue weighted by molar-refractivity contribution is 7.44. The van der Waals surface area contributed by atoms with E-state index in [1.165, 1.54) is 35.9 Å². The lowest BCUT2D eigenvalue weighted by molar-refractivity contribution is -0.731. The van der Waals surface area contributed by atoms with Gasteiger partial charge in [-0.15, -0.1) is 0 Å². The number of phosphoric ester groups is 1. The molecule has 1 aliphatic rings. The van der Waals surface area contributed by atoms with E-state index in [0.717, 1.165) is 12.1 Å². The summed E-state index contributed by atoms with van der Waals surface area (Å²) in [6.45, 7) is 4.28. The molecular weight excluding hydrogens is 582 g/mol. The maximum absolute atomic E-state index is 14.0. The van der Waals surface area contributed by atoms with E-state index in [1.807, 2.05) is 0 Å². The van der Waals surface area contributed by atoms with Crippen molar-refractivity contribution in [3.8, 4) is 11.4 Å². The maximum Gasteiger partial charge on any atom is 0.289 e. The van der Waals surface area contributed by atoms with Crippen molar-refractivity contribution < 1.29 is 56.0 Å². The first-order chi connectivity index (χ1) is 19.7. The molecule has 2 N–H and O–H groups in total. The number of aliphatic hydroxyl groups excluding tert-OH is 1. The number of carbonyl (C=O) groups is 1. The van der Waals surface area contributed by atoms with Crippen LogP contribution in [-0.2, 0) is 25.4 Å². The first-order valence-corrected chi connectivity index (χ1v) is 14.1. The summed E-state index contributed by atoms with van der Waals surface area (Å²) in [6.07, 6.45) is 2.84. The number of hydrogen-bond acceptors (Lipinski definition) is 7. The van der Waals surface area contributed by atoms with E-state index in [9.17, 15) is 32.5 Å². The summed E-state index contributed by atoms with van der Waals surface area (Å²) in [7, 11) is -3.49. The predicted octanol–water partition coefficient (Wildman–Crippen LogP) is 2.64. The maximum atomic E-state index is 14.0. The second kappa shape index (κ2) is 12.3. The van der Waals surface area contributed by atoms with Crippen LogP contribution in [0.15, 0.2) is 48.6 Å². The summed E-state index contributed by atoms with van der Waals surface area (Å²) in [4.78, 5) is 34.6. The number of carbonyl (C=O) groups excluding carboxylic acids is 1. The number of ether oxygens (including phenoxy) is 2. The van der Waals surface area contributed by atoms with Crippen LogP contribution in [0, 0.1) is 24.4 Å². The van der Waals surface area contributed by atoms with Crippen molar-refractivity contribution in [1.29, 1.82) is 0 Å². The lowest BCUT2D eigenvalue weighted by Gasteiger charge is -2.39. The van der Waals surface area contributed by atoms with Crippen LogP contribution < -0.4 is 14.2 Å². The molecule has 11 nitrogen and oxygen atoms in total. The number of hydrogen-bond donors (Lipinski definition) is 2. The van der Waals surface area contributed by atoms with E-state index in [0.29, 0.717) is 22.7 Å². The number of benzene rings is 2. The molecule has 1 fully saturated rings. The first kappa shape index (κ1) is 31.3. The minimum atomic E-state index is -4.92. The van der Waals surface area contributed by atoms with Crippen molar-refractivity contribution in [2.24, 2.45) is 0 Å². The smallest absolute Gasteiger partial charge is 0.289 e. The number of morpholine rings is 1. The molecule has 4 rings (SSSR count). The standard InChI is InChI=1S/C27H29F3N3O8P/c1-15-11-31(13-32(15)14-40-42(36,37)38)22-6-5-18(7-23(22)39-4)8-24-27(35)33(12-16(2)41-24)26(17(3)34)19-9-20(28)25(30)21(29)10-19/h5-11,13,16-17,26,34H,12,14H2,1-4H3,(H-,36,37,38)/t16-,17+,26-/m0/s1. The van der Waals surface area contributed by atoms with E-state index in [4.69, 9.17) is 14.4 Å². The second-order valence-electron chi connectivity index (χ2n) is 9.80. The number of halogens is 3. The number of imidazole rings is 1. The summed E-state index contributed by atoms with van der Waals surface area (Å²) < 4.78 is 71.4. The van der Waals surface area contributed by atoms with Crippen molar-refractivity contribution in [2.45, 2.75) is 45.8 Å². The molecule has 4 atom stereocenters. The molecule has 0 radical (unpaired) electrons. The van der Waals surface area contributed by atoms with Crippen molar-refractivity contribution in [1.82, 2.24) is 9.47 Å². The Morgan fingerprint density at radius 3 is 2.52 bits per heavy atom. The summed E-state index contributed by atoms with van der Waals surface area (Å²) in [5, 5.41) is 10.5. The lowest BCUT2D eigenvalue weighted by Crippen LogP contribution is -2.48. The molecule has 1 aromatic heterocycles. The fraction of sp³-hybridized carbons (Fsp3) is 0.333. The predicted molar refractivity (Wildman–Crippen MR) is 139 cm³/mol. The van der Waals surface area contributed by atoms with Crippen LogP contribution in [0.4, 0.5) is 13.2 Å². The molecule has 42 heavy (non-hydrogen) atoms. The Morgan fingerprint density at radius 2 is 1.93 bits per heavy atom. The topological polar surface area (TPSA) is 137 Å². The molecule has 0 bridgehead atoms. The normalized spacial score (nSPS) is 19.4. The van der Waals surface area contributed by atoms with Crippen molar-refractivity contribution >= 4 is 19.8 Å². The van der Waals surface area contributed by atoms with Gasteiger partial charge in [-0.1, -0.05) is 6.07 Å². The van der Waals surface area contributed by atoms with E-state index in [2.05, 4.69) is 4.52 Å². The van der Waals surface area contributed by atoms with E-state index < -0.39 is 56.2 Å². The SMILES string of the molecule is COc1cc(C=C2O[C@@H](C)CN([C@H](c3cc(F)c(F)c(F)c3)[C@@H](C)O)C2=O)ccc1-n1cc(C)[n+](COP(=O)([O-])O)c1. The van der Waals surface area contributed by atoms with Gasteiger partial charge in [0.2, 0.25) is 0 Å². The van der Waals surface area contributed by atoms with Gasteiger partial charge in [-0.05, 0) is 55.3 Å². The highest BCUT2D eigenvalue weighted by Crippen LogP contribution is 2.33. The summed E-state index contributed by atoms with van der Waals surface area (Å²) in [5.74, 6) is -4.93. The molecule has 2 aromatic carbocycles. The highest BCUT2D eigenvalue weighted by atomic mass is 31.2. The average Bonchev–Trinajstić information content (AvgIpc) is 3.28. The first-order valence-electron chi connectivity index (χ1n) is 12.6. The second-order valence-corrected chi connectivity index (χ2v) is 11.0. The van der Waals surface area contributed by atoms with Gasteiger partial charge in [0.25, 0.3) is 20.1 Å². The Labute approximate surface area is 239 Å². The zero-order valence-corrected chi connectivity index (χ0v) is 23.9. The van der Waals surface area contributed by atoms with E-state index in [-0.39, 0.29) is 17.9 Å². The third-order valence-electron chi connectivity index (χ3n) is 6.58. The Kier molecular flexibility index (Phi) is 9.14. The number of aliphatic hydroxyl groups is 1. The largest absolute Gasteiger partial charge is 0.756 e. The fourth-order valence-electron chi connectivity index (χ4n) is 4.71. The zero-order valence-electron chi connectivity index (χ0n) is 23.0. The third-order valence-corrected chi connectivity index (χ3v) is 7.02. The number of methoxy groups -OCH3 is 1. The fourth-order valence-corrected chi connectivity index (χ4v) is 4.98. The molecule has 0 spiro atoms. The summed E-state index contributed by atoms with van der Waals surface area (Å²) in [5.41, 5.74) is 1.54. The summed E-state index contributed by atoms with van der Waals surface area (Å²) in [6, 6.07) is 5.27. The van der Waals surface area contributed by atoms with E-state index in [1.54, 1.807) is 42.8 Å². The number of rotatable bonds is 9. The number of amides is 1. The molecule has 1 amide bonds. The van der Waals surface area contributed by atoms with Gasteiger partial charge in [-0.3, -0.25) is 13.9 Å². The molecule has 3 aromatic rings. The average molecular weight is 612 g/mol. The minimum Gasteiger partial charge on any atom is -0.756 e. The summed E-state index contributed by atoms with van der Waals surface area (Å²) >= 11 is 0. The Morgan fingerprint density at radius 1 is 1.26 bits per heavy atom. The van der Waals surface area contributed by atoms with Crippen LogP contribution in [0.25, 0.3) is 11.8 Å². The van der Waals surface area contributed by atoms with Crippen molar-refractivity contribution in [3.63, 3.8) is 0 Å². The van der Waals surface area contributed by atoms with Crippen molar-refractivity contribution in [3.05, 3.63) is 82.9 Å².